The molecular weight excluding hydrogens is 270 g/mol. The van der Waals surface area contributed by atoms with Crippen LogP contribution >= 0.6 is 11.8 Å². The molecule has 0 N–H and O–H groups in total. The molecule has 1 unspecified atom stereocenters. The number of hydrogen-bond donors (Lipinski definition) is 0. The summed E-state index contributed by atoms with van der Waals surface area (Å²) in [5.41, 5.74) is 0.00516. The van der Waals surface area contributed by atoms with E-state index in [2.05, 4.69) is 15.2 Å². The van der Waals surface area contributed by atoms with Crippen LogP contribution in [0.3, 0.4) is 0 Å². The Morgan fingerprint density at radius 2 is 2.42 bits per heavy atom. The molecule has 0 bridgehead atoms. The van der Waals surface area contributed by atoms with Gasteiger partial charge in [0.05, 0.1) is 16.7 Å². The molecule has 0 spiro atoms. The molecule has 0 amide bonds. The van der Waals surface area contributed by atoms with Crippen LogP contribution in [0, 0.1) is 17.0 Å². The predicted octanol–water partition coefficient (Wildman–Crippen LogP) is 1.98. The zero-order chi connectivity index (χ0) is 13.8. The number of hydrogen-bond acceptors (Lipinski definition) is 7. The highest BCUT2D eigenvalue weighted by Gasteiger charge is 2.14. The molecule has 1 atom stereocenters. The first-order chi connectivity index (χ1) is 9.06. The lowest BCUT2D eigenvalue weighted by molar-refractivity contribution is -0.385. The van der Waals surface area contributed by atoms with Crippen LogP contribution in [0.15, 0.2) is 16.9 Å². The van der Waals surface area contributed by atoms with E-state index in [4.69, 9.17) is 4.52 Å². The number of nitrogens with zero attached hydrogens (tertiary/aromatic N) is 5. The summed E-state index contributed by atoms with van der Waals surface area (Å²) in [6, 6.07) is 0. The Morgan fingerprint density at radius 1 is 1.63 bits per heavy atom. The topological polar surface area (TPSA) is 99.9 Å². The van der Waals surface area contributed by atoms with Crippen LogP contribution in [-0.4, -0.2) is 30.6 Å². The van der Waals surface area contributed by atoms with Crippen LogP contribution in [0.25, 0.3) is 0 Å². The van der Waals surface area contributed by atoms with Gasteiger partial charge in [-0.1, -0.05) is 5.16 Å². The Balaban J connectivity index is 1.81. The van der Waals surface area contributed by atoms with E-state index in [1.54, 1.807) is 23.4 Å². The standard InChI is InChI=1S/C10H13N5O3S/c1-7(10-12-8(2)13-18-10)19-4-3-14-6-9(5-11-14)15(16)17/h5-7H,3-4H2,1-2H3. The van der Waals surface area contributed by atoms with Crippen LogP contribution in [0.2, 0.25) is 0 Å². The molecule has 0 aliphatic carbocycles. The Bertz CT molecular complexity index is 567. The van der Waals surface area contributed by atoms with Crippen LogP contribution in [0.4, 0.5) is 5.69 Å². The molecule has 2 heterocycles. The van der Waals surface area contributed by atoms with Crippen LogP contribution in [-0.2, 0) is 6.54 Å². The molecular formula is C10H13N5O3S. The van der Waals surface area contributed by atoms with E-state index in [1.165, 1.54) is 12.4 Å². The molecule has 0 fully saturated rings. The maximum atomic E-state index is 10.5. The Labute approximate surface area is 113 Å². The van der Waals surface area contributed by atoms with E-state index in [0.717, 1.165) is 5.75 Å². The first-order valence-corrected chi connectivity index (χ1v) is 6.70. The second kappa shape index (κ2) is 5.83. The zero-order valence-corrected chi connectivity index (χ0v) is 11.3. The second-order valence-corrected chi connectivity index (χ2v) is 5.36. The smallest absolute Gasteiger partial charge is 0.306 e. The maximum Gasteiger partial charge on any atom is 0.306 e. The maximum absolute atomic E-state index is 10.5. The van der Waals surface area contributed by atoms with Crippen molar-refractivity contribution in [3.8, 4) is 0 Å². The van der Waals surface area contributed by atoms with Gasteiger partial charge >= 0.3 is 5.69 Å². The molecule has 2 rings (SSSR count). The van der Waals surface area contributed by atoms with Crippen molar-refractivity contribution >= 4 is 17.4 Å². The first kappa shape index (κ1) is 13.5. The zero-order valence-electron chi connectivity index (χ0n) is 10.5. The molecule has 0 radical (unpaired) electrons. The van der Waals surface area contributed by atoms with E-state index in [-0.39, 0.29) is 10.9 Å². The molecule has 102 valence electrons. The Hall–Kier alpha value is -1.90. The summed E-state index contributed by atoms with van der Waals surface area (Å²) in [7, 11) is 0. The number of thioether (sulfide) groups is 1. The molecule has 0 aliphatic heterocycles. The van der Waals surface area contributed by atoms with Crippen LogP contribution < -0.4 is 0 Å². The van der Waals surface area contributed by atoms with Gasteiger partial charge in [-0.3, -0.25) is 14.8 Å². The minimum atomic E-state index is -0.458. The van der Waals surface area contributed by atoms with Crippen molar-refractivity contribution in [3.63, 3.8) is 0 Å². The number of aromatic nitrogens is 4. The SMILES string of the molecule is Cc1noc(C(C)SCCn2cc([N+](=O)[O-])cn2)n1. The van der Waals surface area contributed by atoms with Gasteiger partial charge < -0.3 is 4.52 Å². The fraction of sp³-hybridized carbons (Fsp3) is 0.500. The third-order valence-corrected chi connectivity index (χ3v) is 3.53. The normalized spacial score (nSPS) is 12.5. The lowest BCUT2D eigenvalue weighted by Crippen LogP contribution is -2.02. The van der Waals surface area contributed by atoms with Gasteiger partial charge in [0, 0.05) is 5.75 Å². The van der Waals surface area contributed by atoms with Crippen molar-refractivity contribution in [2.45, 2.75) is 25.6 Å². The average Bonchev–Trinajstić information content (AvgIpc) is 2.98. The highest BCUT2D eigenvalue weighted by Crippen LogP contribution is 2.26. The number of rotatable bonds is 6. The minimum absolute atomic E-state index is 0.00516. The first-order valence-electron chi connectivity index (χ1n) is 5.65. The van der Waals surface area contributed by atoms with Gasteiger partial charge in [-0.2, -0.15) is 10.1 Å². The summed E-state index contributed by atoms with van der Waals surface area (Å²) in [6.45, 7) is 4.34. The average molecular weight is 283 g/mol. The van der Waals surface area contributed by atoms with E-state index < -0.39 is 4.92 Å². The van der Waals surface area contributed by atoms with Crippen molar-refractivity contribution < 1.29 is 9.45 Å². The largest absolute Gasteiger partial charge is 0.338 e. The van der Waals surface area contributed by atoms with Gasteiger partial charge in [-0.25, -0.2) is 0 Å². The van der Waals surface area contributed by atoms with Gasteiger partial charge in [-0.15, -0.1) is 11.8 Å². The quantitative estimate of drug-likeness (QED) is 0.590. The van der Waals surface area contributed by atoms with E-state index in [1.807, 2.05) is 6.92 Å². The predicted molar refractivity (Wildman–Crippen MR) is 68.8 cm³/mol. The molecule has 0 aromatic carbocycles. The molecule has 0 aliphatic rings. The fourth-order valence-corrected chi connectivity index (χ4v) is 2.33. The third-order valence-electron chi connectivity index (χ3n) is 2.41. The van der Waals surface area contributed by atoms with Crippen molar-refractivity contribution in [2.75, 3.05) is 5.75 Å². The molecule has 19 heavy (non-hydrogen) atoms. The van der Waals surface area contributed by atoms with Gasteiger partial charge in [0.2, 0.25) is 5.89 Å². The van der Waals surface area contributed by atoms with E-state index >= 15 is 0 Å². The van der Waals surface area contributed by atoms with Gasteiger partial charge in [-0.05, 0) is 13.8 Å². The van der Waals surface area contributed by atoms with Crippen molar-refractivity contribution in [1.29, 1.82) is 0 Å². The summed E-state index contributed by atoms with van der Waals surface area (Å²) in [4.78, 5) is 14.2. The van der Waals surface area contributed by atoms with Crippen molar-refractivity contribution in [3.05, 3.63) is 34.2 Å². The Morgan fingerprint density at radius 3 is 3.00 bits per heavy atom. The summed E-state index contributed by atoms with van der Waals surface area (Å²) in [5, 5.41) is 18.2. The minimum Gasteiger partial charge on any atom is -0.338 e. The molecule has 2 aromatic rings. The van der Waals surface area contributed by atoms with E-state index in [9.17, 15) is 10.1 Å². The summed E-state index contributed by atoms with van der Waals surface area (Å²) >= 11 is 1.63. The summed E-state index contributed by atoms with van der Waals surface area (Å²) < 4.78 is 6.62. The van der Waals surface area contributed by atoms with Crippen LogP contribution in [0.1, 0.15) is 23.9 Å². The lowest BCUT2D eigenvalue weighted by Gasteiger charge is -2.05. The fourth-order valence-electron chi connectivity index (χ4n) is 1.44. The van der Waals surface area contributed by atoms with Gasteiger partial charge in [0.15, 0.2) is 5.82 Å². The molecule has 0 saturated carbocycles. The summed E-state index contributed by atoms with van der Waals surface area (Å²) in [5.74, 6) is 1.96. The van der Waals surface area contributed by atoms with Crippen molar-refractivity contribution in [2.24, 2.45) is 0 Å². The molecule has 2 aromatic heterocycles. The van der Waals surface area contributed by atoms with Gasteiger partial charge in [0.25, 0.3) is 0 Å². The van der Waals surface area contributed by atoms with Crippen molar-refractivity contribution in [1.82, 2.24) is 19.9 Å². The number of aryl methyl sites for hydroxylation is 2. The lowest BCUT2D eigenvalue weighted by atomic mass is 10.5. The highest BCUT2D eigenvalue weighted by atomic mass is 32.2. The molecule has 0 saturated heterocycles. The Kier molecular flexibility index (Phi) is 4.15. The molecule has 8 nitrogen and oxygen atoms in total. The van der Waals surface area contributed by atoms with Crippen LogP contribution in [0.5, 0.6) is 0 Å². The monoisotopic (exact) mass is 283 g/mol. The third kappa shape index (κ3) is 3.53. The molecule has 9 heteroatoms. The van der Waals surface area contributed by atoms with Gasteiger partial charge in [0.1, 0.15) is 12.4 Å². The summed E-state index contributed by atoms with van der Waals surface area (Å²) in [6.07, 6.45) is 2.66. The number of nitro groups is 1. The highest BCUT2D eigenvalue weighted by molar-refractivity contribution is 7.99. The second-order valence-electron chi connectivity index (χ2n) is 3.91. The van der Waals surface area contributed by atoms with E-state index in [0.29, 0.717) is 18.3 Å².